The van der Waals surface area contributed by atoms with Gasteiger partial charge in [0.15, 0.2) is 0 Å². The molecule has 0 saturated carbocycles. The van der Waals surface area contributed by atoms with Crippen LogP contribution in [0.15, 0.2) is 42.5 Å². The lowest BCUT2D eigenvalue weighted by Gasteiger charge is -2.13. The van der Waals surface area contributed by atoms with Crippen molar-refractivity contribution < 1.29 is 5.11 Å². The lowest BCUT2D eigenvalue weighted by atomic mass is 9.91. The number of halogens is 1. The van der Waals surface area contributed by atoms with Gasteiger partial charge in [-0.05, 0) is 47.2 Å². The predicted molar refractivity (Wildman–Crippen MR) is 88.9 cm³/mol. The average molecular weight is 301 g/mol. The second-order valence-electron chi connectivity index (χ2n) is 5.80. The normalized spacial score (nSPS) is 15.8. The molecule has 1 aliphatic rings. The molecule has 1 aliphatic carbocycles. The molecule has 0 spiro atoms. The lowest BCUT2D eigenvalue weighted by Crippen LogP contribution is -1.97. The molecule has 1 atom stereocenters. The van der Waals surface area contributed by atoms with Gasteiger partial charge < -0.3 is 5.11 Å². The number of hydrogen-bond acceptors (Lipinski definition) is 1. The van der Waals surface area contributed by atoms with E-state index < -0.39 is 0 Å². The van der Waals surface area contributed by atoms with E-state index in [1.54, 1.807) is 0 Å². The van der Waals surface area contributed by atoms with E-state index >= 15 is 0 Å². The molecule has 0 heterocycles. The van der Waals surface area contributed by atoms with Crippen molar-refractivity contribution in [2.24, 2.45) is 0 Å². The van der Waals surface area contributed by atoms with E-state index in [4.69, 9.17) is 16.7 Å². The summed E-state index contributed by atoms with van der Waals surface area (Å²) in [7, 11) is 0. The predicted octanol–water partition coefficient (Wildman–Crippen LogP) is 5.40. The van der Waals surface area contributed by atoms with Gasteiger partial charge in [0.1, 0.15) is 0 Å². The highest BCUT2D eigenvalue weighted by Gasteiger charge is 2.27. The molecule has 2 heteroatoms. The van der Waals surface area contributed by atoms with Gasteiger partial charge in [-0.25, -0.2) is 0 Å². The minimum absolute atomic E-state index is 0.313. The Balaban J connectivity index is 1.81. The van der Waals surface area contributed by atoms with Crippen LogP contribution in [0.2, 0.25) is 5.02 Å². The number of aliphatic hydroxyl groups excluding tert-OH is 1. The largest absolute Gasteiger partial charge is 0.396 e. The van der Waals surface area contributed by atoms with Crippen LogP contribution in [0.3, 0.4) is 0 Å². The molecule has 0 fully saturated rings. The van der Waals surface area contributed by atoms with Gasteiger partial charge in [0, 0.05) is 17.5 Å². The van der Waals surface area contributed by atoms with Crippen LogP contribution in [0, 0.1) is 0 Å². The number of unbranched alkanes of at least 4 members (excludes halogenated alkanes) is 3. The van der Waals surface area contributed by atoms with Crippen LogP contribution >= 0.6 is 11.6 Å². The summed E-state index contributed by atoms with van der Waals surface area (Å²) in [5.74, 6) is 0.502. The molecule has 110 valence electrons. The SMILES string of the molecule is OCCCCCCC1c2ccccc2-c2cc(Cl)ccc21. The van der Waals surface area contributed by atoms with E-state index in [-0.39, 0.29) is 0 Å². The third kappa shape index (κ3) is 3.00. The van der Waals surface area contributed by atoms with Gasteiger partial charge in [-0.15, -0.1) is 0 Å². The Kier molecular flexibility index (Phi) is 4.62. The smallest absolute Gasteiger partial charge is 0.0431 e. The summed E-state index contributed by atoms with van der Waals surface area (Å²) in [4.78, 5) is 0. The van der Waals surface area contributed by atoms with Gasteiger partial charge in [0.2, 0.25) is 0 Å². The second kappa shape index (κ2) is 6.64. The third-order valence-electron chi connectivity index (χ3n) is 4.42. The Bertz CT molecular complexity index is 621. The molecule has 1 N–H and O–H groups in total. The molecule has 1 nitrogen and oxygen atoms in total. The minimum Gasteiger partial charge on any atom is -0.396 e. The van der Waals surface area contributed by atoms with Crippen molar-refractivity contribution in [2.75, 3.05) is 6.61 Å². The fraction of sp³-hybridized carbons (Fsp3) is 0.368. The molecule has 2 aromatic carbocycles. The highest BCUT2D eigenvalue weighted by atomic mass is 35.5. The maximum Gasteiger partial charge on any atom is 0.0431 e. The van der Waals surface area contributed by atoms with Crippen molar-refractivity contribution in [2.45, 2.75) is 38.0 Å². The van der Waals surface area contributed by atoms with Crippen molar-refractivity contribution in [1.29, 1.82) is 0 Å². The van der Waals surface area contributed by atoms with Gasteiger partial charge in [0.25, 0.3) is 0 Å². The van der Waals surface area contributed by atoms with E-state index in [1.807, 2.05) is 6.07 Å². The van der Waals surface area contributed by atoms with Gasteiger partial charge in [-0.1, -0.05) is 61.2 Å². The number of benzene rings is 2. The highest BCUT2D eigenvalue weighted by molar-refractivity contribution is 6.31. The summed E-state index contributed by atoms with van der Waals surface area (Å²) in [5.41, 5.74) is 5.51. The standard InChI is InChI=1S/C19H21ClO/c20-14-10-11-18-16(7-3-1-2-6-12-21)15-8-4-5-9-17(15)19(18)13-14/h4-5,8-11,13,16,21H,1-3,6-7,12H2. The van der Waals surface area contributed by atoms with E-state index in [2.05, 4.69) is 36.4 Å². The molecular formula is C19H21ClO. The first-order valence-electron chi connectivity index (χ1n) is 7.81. The molecular weight excluding hydrogens is 280 g/mol. The fourth-order valence-electron chi connectivity index (χ4n) is 3.40. The van der Waals surface area contributed by atoms with Gasteiger partial charge in [-0.3, -0.25) is 0 Å². The zero-order chi connectivity index (χ0) is 14.7. The molecule has 0 aromatic heterocycles. The summed E-state index contributed by atoms with van der Waals surface area (Å²) in [6.45, 7) is 0.313. The highest BCUT2D eigenvalue weighted by Crippen LogP contribution is 2.47. The first-order chi connectivity index (χ1) is 10.3. The van der Waals surface area contributed by atoms with E-state index in [0.717, 1.165) is 17.9 Å². The molecule has 0 radical (unpaired) electrons. The fourth-order valence-corrected chi connectivity index (χ4v) is 3.58. The third-order valence-corrected chi connectivity index (χ3v) is 4.65. The topological polar surface area (TPSA) is 20.2 Å². The molecule has 21 heavy (non-hydrogen) atoms. The maximum atomic E-state index is 8.85. The van der Waals surface area contributed by atoms with Crippen LogP contribution in [0.5, 0.6) is 0 Å². The van der Waals surface area contributed by atoms with E-state index in [1.165, 1.54) is 41.5 Å². The van der Waals surface area contributed by atoms with Gasteiger partial charge >= 0.3 is 0 Å². The average Bonchev–Trinajstić information content (AvgIpc) is 2.81. The summed E-state index contributed by atoms with van der Waals surface area (Å²) in [6, 6.07) is 15.0. The Labute approximate surface area is 131 Å². The molecule has 0 aliphatic heterocycles. The first kappa shape index (κ1) is 14.6. The van der Waals surface area contributed by atoms with Crippen LogP contribution in [0.25, 0.3) is 11.1 Å². The van der Waals surface area contributed by atoms with Crippen molar-refractivity contribution in [1.82, 2.24) is 0 Å². The lowest BCUT2D eigenvalue weighted by molar-refractivity contribution is 0.282. The Morgan fingerprint density at radius 2 is 1.62 bits per heavy atom. The second-order valence-corrected chi connectivity index (χ2v) is 6.23. The molecule has 2 aromatic rings. The van der Waals surface area contributed by atoms with Crippen molar-refractivity contribution >= 4 is 11.6 Å². The zero-order valence-corrected chi connectivity index (χ0v) is 12.9. The summed E-state index contributed by atoms with van der Waals surface area (Å²) in [5, 5.41) is 9.66. The van der Waals surface area contributed by atoms with Gasteiger partial charge in [0.05, 0.1) is 0 Å². The van der Waals surface area contributed by atoms with Crippen LogP contribution in [0.1, 0.15) is 49.1 Å². The minimum atomic E-state index is 0.313. The molecule has 0 saturated heterocycles. The number of hydrogen-bond donors (Lipinski definition) is 1. The number of aliphatic hydroxyl groups is 1. The van der Waals surface area contributed by atoms with Crippen LogP contribution < -0.4 is 0 Å². The van der Waals surface area contributed by atoms with Crippen LogP contribution in [-0.2, 0) is 0 Å². The number of rotatable bonds is 6. The van der Waals surface area contributed by atoms with Crippen LogP contribution in [0.4, 0.5) is 0 Å². The van der Waals surface area contributed by atoms with E-state index in [0.29, 0.717) is 12.5 Å². The Morgan fingerprint density at radius 1 is 0.857 bits per heavy atom. The molecule has 0 bridgehead atoms. The maximum absolute atomic E-state index is 8.85. The Morgan fingerprint density at radius 3 is 2.48 bits per heavy atom. The first-order valence-corrected chi connectivity index (χ1v) is 8.18. The summed E-state index contributed by atoms with van der Waals surface area (Å²) < 4.78 is 0. The van der Waals surface area contributed by atoms with Crippen molar-refractivity contribution in [3.63, 3.8) is 0 Å². The molecule has 0 amide bonds. The van der Waals surface area contributed by atoms with Gasteiger partial charge in [-0.2, -0.15) is 0 Å². The molecule has 3 rings (SSSR count). The quantitative estimate of drug-likeness (QED) is 0.709. The van der Waals surface area contributed by atoms with Crippen molar-refractivity contribution in [3.8, 4) is 11.1 Å². The molecule has 1 unspecified atom stereocenters. The van der Waals surface area contributed by atoms with E-state index in [9.17, 15) is 0 Å². The summed E-state index contributed by atoms with van der Waals surface area (Å²) >= 11 is 6.18. The zero-order valence-electron chi connectivity index (χ0n) is 12.2. The summed E-state index contributed by atoms with van der Waals surface area (Å²) in [6.07, 6.45) is 5.63. The Hall–Kier alpha value is -1.31. The van der Waals surface area contributed by atoms with Crippen LogP contribution in [-0.4, -0.2) is 11.7 Å². The monoisotopic (exact) mass is 300 g/mol. The van der Waals surface area contributed by atoms with Crippen molar-refractivity contribution in [3.05, 3.63) is 58.6 Å². The number of fused-ring (bicyclic) bond motifs is 3.